The van der Waals surface area contributed by atoms with Crippen LogP contribution in [0.1, 0.15) is 42.0 Å². The van der Waals surface area contributed by atoms with E-state index in [1.807, 2.05) is 0 Å². The molecule has 0 saturated heterocycles. The molecule has 0 spiro atoms. The van der Waals surface area contributed by atoms with Crippen LogP contribution in [0, 0.1) is 26.2 Å². The number of unbranched alkanes of at least 4 members (excludes halogenated alkanes) is 1. The molecule has 0 saturated carbocycles. The molecule has 0 radical (unpaired) electrons. The highest BCUT2D eigenvalue weighted by Crippen LogP contribution is 2.22. The van der Waals surface area contributed by atoms with Gasteiger partial charge in [-0.3, -0.25) is 11.3 Å². The zero-order valence-corrected chi connectivity index (χ0v) is 10.1. The van der Waals surface area contributed by atoms with E-state index in [1.165, 1.54) is 16.7 Å². The summed E-state index contributed by atoms with van der Waals surface area (Å²) in [5.74, 6) is 8.25. The van der Waals surface area contributed by atoms with Gasteiger partial charge in [-0.05, 0) is 37.8 Å². The van der Waals surface area contributed by atoms with Crippen LogP contribution in [0.5, 0.6) is 0 Å². The Hall–Kier alpha value is -1.30. The molecule has 0 aromatic heterocycles. The average Bonchev–Trinajstić information content (AvgIpc) is 2.26. The summed E-state index contributed by atoms with van der Waals surface area (Å²) < 4.78 is 0. The van der Waals surface area contributed by atoms with E-state index in [1.54, 1.807) is 0 Å². The van der Waals surface area contributed by atoms with E-state index < -0.39 is 0 Å². The van der Waals surface area contributed by atoms with Crippen LogP contribution >= 0.6 is 0 Å². The average molecular weight is 216 g/mol. The number of hydrazine groups is 1. The maximum atomic E-state index is 5.59. The first-order valence-electron chi connectivity index (χ1n) is 5.65. The maximum Gasteiger partial charge on any atom is 0.0462 e. The van der Waals surface area contributed by atoms with Crippen molar-refractivity contribution < 1.29 is 0 Å². The molecule has 0 aliphatic carbocycles. The molecular weight excluding hydrogens is 196 g/mol. The number of aryl methyl sites for hydroxylation is 2. The molecule has 0 fully saturated rings. The third kappa shape index (κ3) is 3.37. The third-order valence-corrected chi connectivity index (χ3v) is 2.82. The predicted molar refractivity (Wildman–Crippen MR) is 68.7 cm³/mol. The van der Waals surface area contributed by atoms with Crippen molar-refractivity contribution in [3.63, 3.8) is 0 Å². The van der Waals surface area contributed by atoms with Crippen LogP contribution in [0.3, 0.4) is 0 Å². The predicted octanol–water partition coefficient (Wildman–Crippen LogP) is 2.61. The summed E-state index contributed by atoms with van der Waals surface area (Å²) in [6, 6.07) is 6.65. The van der Waals surface area contributed by atoms with Crippen LogP contribution < -0.4 is 11.3 Å². The Kier molecular flexibility index (Phi) is 5.04. The van der Waals surface area contributed by atoms with E-state index in [-0.39, 0.29) is 6.04 Å². The molecular formula is C14H20N2. The van der Waals surface area contributed by atoms with E-state index >= 15 is 0 Å². The van der Waals surface area contributed by atoms with Crippen LogP contribution in [-0.2, 0) is 0 Å². The Morgan fingerprint density at radius 3 is 2.75 bits per heavy atom. The van der Waals surface area contributed by atoms with Crippen molar-refractivity contribution in [2.45, 2.75) is 39.2 Å². The smallest absolute Gasteiger partial charge is 0.0462 e. The van der Waals surface area contributed by atoms with Crippen molar-refractivity contribution in [2.24, 2.45) is 5.84 Å². The minimum absolute atomic E-state index is 0.203. The van der Waals surface area contributed by atoms with Crippen molar-refractivity contribution >= 4 is 0 Å². The molecule has 1 rings (SSSR count). The first-order valence-corrected chi connectivity index (χ1v) is 5.65. The normalized spacial score (nSPS) is 12.1. The van der Waals surface area contributed by atoms with Crippen LogP contribution in [-0.4, -0.2) is 0 Å². The van der Waals surface area contributed by atoms with Gasteiger partial charge >= 0.3 is 0 Å². The fourth-order valence-corrected chi connectivity index (χ4v) is 1.95. The molecule has 1 aromatic rings. The summed E-state index contributed by atoms with van der Waals surface area (Å²) in [6.45, 7) is 4.22. The van der Waals surface area contributed by atoms with Gasteiger partial charge in [0.25, 0.3) is 0 Å². The standard InChI is InChI=1S/C14H20N2/c1-4-5-6-7-14(16-15)13-9-8-11(2)10-12(13)3/h1,8-10,14,16H,5-7,15H2,2-3H3. The fraction of sp³-hybridized carbons (Fsp3) is 0.429. The number of nitrogens with two attached hydrogens (primary N) is 1. The second-order valence-corrected chi connectivity index (χ2v) is 4.18. The Labute approximate surface area is 98.2 Å². The number of nitrogens with one attached hydrogen (secondary N) is 1. The van der Waals surface area contributed by atoms with Gasteiger partial charge in [0.2, 0.25) is 0 Å². The van der Waals surface area contributed by atoms with Gasteiger partial charge in [-0.15, -0.1) is 12.3 Å². The monoisotopic (exact) mass is 216 g/mol. The van der Waals surface area contributed by atoms with E-state index in [9.17, 15) is 0 Å². The molecule has 86 valence electrons. The maximum absolute atomic E-state index is 5.59. The molecule has 3 N–H and O–H groups in total. The highest BCUT2D eigenvalue weighted by atomic mass is 15.2. The lowest BCUT2D eigenvalue weighted by Gasteiger charge is -2.18. The SMILES string of the molecule is C#CCCCC(NN)c1ccc(C)cc1C. The number of terminal acetylenes is 1. The van der Waals surface area contributed by atoms with Crippen LogP contribution in [0.25, 0.3) is 0 Å². The van der Waals surface area contributed by atoms with Gasteiger partial charge in [0.05, 0.1) is 0 Å². The van der Waals surface area contributed by atoms with Gasteiger partial charge in [0, 0.05) is 12.5 Å². The highest BCUT2D eigenvalue weighted by Gasteiger charge is 2.11. The van der Waals surface area contributed by atoms with Crippen molar-refractivity contribution in [1.82, 2.24) is 5.43 Å². The number of rotatable bonds is 5. The zero-order valence-electron chi connectivity index (χ0n) is 10.1. The molecule has 0 aliphatic heterocycles. The van der Waals surface area contributed by atoms with Crippen molar-refractivity contribution in [3.05, 3.63) is 34.9 Å². The molecule has 0 aliphatic rings. The summed E-state index contributed by atoms with van der Waals surface area (Å²) in [5.41, 5.74) is 6.70. The van der Waals surface area contributed by atoms with Crippen LogP contribution in [0.4, 0.5) is 0 Å². The van der Waals surface area contributed by atoms with Gasteiger partial charge in [-0.2, -0.15) is 0 Å². The number of hydrogen-bond acceptors (Lipinski definition) is 2. The fourth-order valence-electron chi connectivity index (χ4n) is 1.95. The lowest BCUT2D eigenvalue weighted by Crippen LogP contribution is -2.28. The van der Waals surface area contributed by atoms with Gasteiger partial charge < -0.3 is 0 Å². The lowest BCUT2D eigenvalue weighted by molar-refractivity contribution is 0.500. The topological polar surface area (TPSA) is 38.0 Å². The van der Waals surface area contributed by atoms with E-state index in [0.717, 1.165) is 19.3 Å². The molecule has 0 heterocycles. The summed E-state index contributed by atoms with van der Waals surface area (Å²) in [5, 5.41) is 0. The first-order chi connectivity index (χ1) is 7.69. The third-order valence-electron chi connectivity index (χ3n) is 2.82. The van der Waals surface area contributed by atoms with Crippen molar-refractivity contribution in [1.29, 1.82) is 0 Å². The van der Waals surface area contributed by atoms with Gasteiger partial charge in [0.15, 0.2) is 0 Å². The molecule has 1 unspecified atom stereocenters. The van der Waals surface area contributed by atoms with Gasteiger partial charge in [0.1, 0.15) is 0 Å². The number of hydrogen-bond donors (Lipinski definition) is 2. The second kappa shape index (κ2) is 6.32. The molecule has 1 atom stereocenters. The zero-order chi connectivity index (χ0) is 12.0. The number of benzene rings is 1. The van der Waals surface area contributed by atoms with Crippen LogP contribution in [0.15, 0.2) is 18.2 Å². The van der Waals surface area contributed by atoms with Crippen molar-refractivity contribution in [3.8, 4) is 12.3 Å². The van der Waals surface area contributed by atoms with E-state index in [4.69, 9.17) is 12.3 Å². The minimum Gasteiger partial charge on any atom is -0.271 e. The summed E-state index contributed by atoms with van der Waals surface area (Å²) >= 11 is 0. The molecule has 2 heteroatoms. The van der Waals surface area contributed by atoms with Gasteiger partial charge in [-0.1, -0.05) is 23.8 Å². The Morgan fingerprint density at radius 2 is 2.19 bits per heavy atom. The first kappa shape index (κ1) is 12.8. The Bertz CT molecular complexity index is 377. The molecule has 1 aromatic carbocycles. The lowest BCUT2D eigenvalue weighted by atomic mass is 9.96. The molecule has 0 bridgehead atoms. The summed E-state index contributed by atoms with van der Waals surface area (Å²) in [6.07, 6.45) is 8.03. The Morgan fingerprint density at radius 1 is 1.44 bits per heavy atom. The quantitative estimate of drug-likeness (QED) is 0.344. The summed E-state index contributed by atoms with van der Waals surface area (Å²) in [7, 11) is 0. The largest absolute Gasteiger partial charge is 0.271 e. The molecule has 16 heavy (non-hydrogen) atoms. The Balaban J connectivity index is 2.75. The van der Waals surface area contributed by atoms with Crippen LogP contribution in [0.2, 0.25) is 0 Å². The summed E-state index contributed by atoms with van der Waals surface area (Å²) in [4.78, 5) is 0. The van der Waals surface area contributed by atoms with Crippen molar-refractivity contribution in [2.75, 3.05) is 0 Å². The second-order valence-electron chi connectivity index (χ2n) is 4.18. The van der Waals surface area contributed by atoms with E-state index in [2.05, 4.69) is 43.4 Å². The van der Waals surface area contributed by atoms with Gasteiger partial charge in [-0.25, -0.2) is 0 Å². The van der Waals surface area contributed by atoms with E-state index in [0.29, 0.717) is 0 Å². The highest BCUT2D eigenvalue weighted by molar-refractivity contribution is 5.32. The minimum atomic E-state index is 0.203. The molecule has 2 nitrogen and oxygen atoms in total. The molecule has 0 amide bonds.